The zero-order valence-corrected chi connectivity index (χ0v) is 11.4. The van der Waals surface area contributed by atoms with Gasteiger partial charge in [-0.3, -0.25) is 14.9 Å². The van der Waals surface area contributed by atoms with Crippen LogP contribution in [0.4, 0.5) is 5.69 Å². The van der Waals surface area contributed by atoms with E-state index in [4.69, 9.17) is 9.57 Å². The average molecular weight is 292 g/mol. The molecule has 1 aromatic rings. The highest BCUT2D eigenvalue weighted by Gasteiger charge is 2.05. The van der Waals surface area contributed by atoms with Crippen molar-refractivity contribution in [1.82, 2.24) is 5.48 Å². The fraction of sp³-hybridized carbons (Fsp3) is 0.214. The lowest BCUT2D eigenvalue weighted by Crippen LogP contribution is -2.23. The molecule has 0 saturated carbocycles. The van der Waals surface area contributed by atoms with Crippen molar-refractivity contribution < 1.29 is 19.3 Å². The highest BCUT2D eigenvalue weighted by Crippen LogP contribution is 2.13. The van der Waals surface area contributed by atoms with Gasteiger partial charge in [0.15, 0.2) is 0 Å². The minimum Gasteiger partial charge on any atom is -0.459 e. The molecular formula is C14H16N2O5. The molecule has 0 heterocycles. The lowest BCUT2D eigenvalue weighted by molar-refractivity contribution is -0.384. The first-order valence-corrected chi connectivity index (χ1v) is 6.14. The number of carbonyl (C=O) groups excluding carboxylic acids is 1. The van der Waals surface area contributed by atoms with Crippen LogP contribution in [0.15, 0.2) is 49.4 Å². The van der Waals surface area contributed by atoms with Crippen molar-refractivity contribution in [3.05, 3.63) is 65.1 Å². The van der Waals surface area contributed by atoms with E-state index in [1.54, 1.807) is 18.2 Å². The molecule has 1 rings (SSSR count). The summed E-state index contributed by atoms with van der Waals surface area (Å²) in [5.74, 6) is -0.379. The highest BCUT2D eigenvalue weighted by molar-refractivity contribution is 5.74. The molecule has 1 amide bonds. The molecule has 112 valence electrons. The number of nitrogens with one attached hydrogen (secondary N) is 1. The van der Waals surface area contributed by atoms with E-state index < -0.39 is 4.92 Å². The van der Waals surface area contributed by atoms with Crippen molar-refractivity contribution in [2.24, 2.45) is 0 Å². The number of hydrogen-bond donors (Lipinski definition) is 1. The van der Waals surface area contributed by atoms with E-state index in [9.17, 15) is 14.9 Å². The molecule has 0 bridgehead atoms. The van der Waals surface area contributed by atoms with Crippen molar-refractivity contribution in [3.63, 3.8) is 0 Å². The van der Waals surface area contributed by atoms with Gasteiger partial charge >= 0.3 is 0 Å². The fourth-order valence-corrected chi connectivity index (χ4v) is 1.31. The van der Waals surface area contributed by atoms with Crippen LogP contribution in [-0.4, -0.2) is 10.8 Å². The first kappa shape index (κ1) is 16.2. The summed E-state index contributed by atoms with van der Waals surface area (Å²) in [6.07, 6.45) is 2.43. The van der Waals surface area contributed by atoms with E-state index >= 15 is 0 Å². The number of allylic oxidation sites excluding steroid dienone is 1. The van der Waals surface area contributed by atoms with E-state index in [0.29, 0.717) is 12.0 Å². The molecule has 1 aromatic carbocycles. The summed E-state index contributed by atoms with van der Waals surface area (Å²) in [6.45, 7) is 7.11. The Bertz CT molecular complexity index is 525. The molecule has 0 fully saturated rings. The molecule has 0 unspecified atom stereocenters. The van der Waals surface area contributed by atoms with Gasteiger partial charge in [-0.1, -0.05) is 6.08 Å². The monoisotopic (exact) mass is 292 g/mol. The van der Waals surface area contributed by atoms with Crippen LogP contribution in [0, 0.1) is 10.1 Å². The third kappa shape index (κ3) is 6.24. The Kier molecular flexibility index (Phi) is 6.46. The smallest absolute Gasteiger partial charge is 0.299 e. The molecule has 0 aromatic heterocycles. The number of amides is 1. The van der Waals surface area contributed by atoms with Crippen LogP contribution in [0.5, 0.6) is 0 Å². The van der Waals surface area contributed by atoms with Crippen molar-refractivity contribution >= 4 is 11.6 Å². The number of carbonyl (C=O) groups is 1. The van der Waals surface area contributed by atoms with Crippen LogP contribution in [0.25, 0.3) is 0 Å². The van der Waals surface area contributed by atoms with E-state index in [1.807, 2.05) is 0 Å². The molecule has 0 aliphatic rings. The van der Waals surface area contributed by atoms with Gasteiger partial charge in [-0.05, 0) is 30.7 Å². The Morgan fingerprint density at radius 3 is 2.62 bits per heavy atom. The predicted molar refractivity (Wildman–Crippen MR) is 75.7 cm³/mol. The van der Waals surface area contributed by atoms with Crippen molar-refractivity contribution in [3.8, 4) is 0 Å². The normalized spacial score (nSPS) is 9.52. The average Bonchev–Trinajstić information content (AvgIpc) is 2.49. The second kappa shape index (κ2) is 8.36. The number of hydrogen-bond acceptors (Lipinski definition) is 5. The van der Waals surface area contributed by atoms with Crippen LogP contribution in [0.1, 0.15) is 18.4 Å². The first-order valence-electron chi connectivity index (χ1n) is 6.14. The first-order chi connectivity index (χ1) is 10.0. The molecule has 0 saturated heterocycles. The van der Waals surface area contributed by atoms with Crippen LogP contribution < -0.4 is 5.48 Å². The standard InChI is InChI=1S/C14H16N2O5/c1-3-4-5-14(17)15-21-11(2)20-10-12-6-8-13(9-7-12)16(18)19/h3,6-9H,1-2,4-5,10H2,(H,15,17). The molecule has 7 heteroatoms. The van der Waals surface area contributed by atoms with E-state index in [1.165, 1.54) is 12.1 Å². The van der Waals surface area contributed by atoms with Gasteiger partial charge in [-0.2, -0.15) is 5.48 Å². The van der Waals surface area contributed by atoms with E-state index in [2.05, 4.69) is 18.6 Å². The maximum Gasteiger partial charge on any atom is 0.299 e. The fourth-order valence-electron chi connectivity index (χ4n) is 1.31. The van der Waals surface area contributed by atoms with Crippen LogP contribution in [0.3, 0.4) is 0 Å². The number of nitro benzene ring substituents is 1. The van der Waals surface area contributed by atoms with E-state index in [-0.39, 0.29) is 30.6 Å². The van der Waals surface area contributed by atoms with Crippen molar-refractivity contribution in [1.29, 1.82) is 0 Å². The lowest BCUT2D eigenvalue weighted by atomic mass is 10.2. The molecular weight excluding hydrogens is 276 g/mol. The number of nitro groups is 1. The Balaban J connectivity index is 2.31. The third-order valence-electron chi connectivity index (χ3n) is 2.40. The summed E-state index contributed by atoms with van der Waals surface area (Å²) in [7, 11) is 0. The number of hydroxylamine groups is 1. The largest absolute Gasteiger partial charge is 0.459 e. The number of benzene rings is 1. The number of rotatable bonds is 9. The Labute approximate surface area is 122 Å². The summed E-state index contributed by atoms with van der Waals surface area (Å²) in [5, 5.41) is 10.5. The maximum absolute atomic E-state index is 11.2. The topological polar surface area (TPSA) is 90.7 Å². The second-order valence-electron chi connectivity index (χ2n) is 4.04. The van der Waals surface area contributed by atoms with Gasteiger partial charge in [-0.25, -0.2) is 0 Å². The molecule has 0 aliphatic heterocycles. The molecule has 1 N–H and O–H groups in total. The molecule has 7 nitrogen and oxygen atoms in total. The molecule has 0 aliphatic carbocycles. The Morgan fingerprint density at radius 2 is 2.05 bits per heavy atom. The van der Waals surface area contributed by atoms with Gasteiger partial charge in [-0.15, -0.1) is 6.58 Å². The van der Waals surface area contributed by atoms with Gasteiger partial charge in [0.1, 0.15) is 6.61 Å². The summed E-state index contributed by atoms with van der Waals surface area (Å²) < 4.78 is 5.16. The minimum absolute atomic E-state index is 0.00306. The minimum atomic E-state index is -0.481. The number of nitrogens with zero attached hydrogens (tertiary/aromatic N) is 1. The van der Waals surface area contributed by atoms with Gasteiger partial charge in [0.25, 0.3) is 17.5 Å². The van der Waals surface area contributed by atoms with Gasteiger partial charge in [0, 0.05) is 18.6 Å². The van der Waals surface area contributed by atoms with Crippen LogP contribution in [-0.2, 0) is 21.0 Å². The number of ether oxygens (including phenoxy) is 1. The van der Waals surface area contributed by atoms with Gasteiger partial charge in [0.05, 0.1) is 4.92 Å². The van der Waals surface area contributed by atoms with E-state index in [0.717, 1.165) is 0 Å². The molecule has 0 atom stereocenters. The van der Waals surface area contributed by atoms with Crippen molar-refractivity contribution in [2.45, 2.75) is 19.4 Å². The Morgan fingerprint density at radius 1 is 1.38 bits per heavy atom. The van der Waals surface area contributed by atoms with Gasteiger partial charge < -0.3 is 9.57 Å². The molecule has 0 radical (unpaired) electrons. The Hall–Kier alpha value is -2.83. The summed E-state index contributed by atoms with van der Waals surface area (Å²) in [6, 6.07) is 5.88. The summed E-state index contributed by atoms with van der Waals surface area (Å²) >= 11 is 0. The van der Waals surface area contributed by atoms with Crippen molar-refractivity contribution in [2.75, 3.05) is 0 Å². The summed E-state index contributed by atoms with van der Waals surface area (Å²) in [4.78, 5) is 26.1. The SMILES string of the molecule is C=CCCC(=O)NOC(=C)OCc1ccc([N+](=O)[O-])cc1. The lowest BCUT2D eigenvalue weighted by Gasteiger charge is -2.10. The quantitative estimate of drug-likeness (QED) is 0.327. The molecule has 21 heavy (non-hydrogen) atoms. The van der Waals surface area contributed by atoms with Crippen LogP contribution >= 0.6 is 0 Å². The van der Waals surface area contributed by atoms with Gasteiger partial charge in [0.2, 0.25) is 0 Å². The number of non-ortho nitro benzene ring substituents is 1. The predicted octanol–water partition coefficient (Wildman–Crippen LogP) is 2.60. The zero-order valence-electron chi connectivity index (χ0n) is 11.4. The zero-order chi connectivity index (χ0) is 15.7. The third-order valence-corrected chi connectivity index (χ3v) is 2.40. The second-order valence-corrected chi connectivity index (χ2v) is 4.04. The summed E-state index contributed by atoms with van der Waals surface area (Å²) in [5.41, 5.74) is 2.89. The highest BCUT2D eigenvalue weighted by atomic mass is 16.8. The van der Waals surface area contributed by atoms with Crippen LogP contribution in [0.2, 0.25) is 0 Å². The maximum atomic E-state index is 11.2. The molecule has 0 spiro atoms.